The lowest BCUT2D eigenvalue weighted by Gasteiger charge is -2.16. The molecule has 1 fully saturated rings. The summed E-state index contributed by atoms with van der Waals surface area (Å²) in [4.78, 5) is 11.8. The smallest absolute Gasteiger partial charge is 0.220 e. The molecule has 2 rings (SSSR count). The number of carbonyl (C=O) groups excluding carboxylic acids is 1. The Labute approximate surface area is 137 Å². The molecule has 1 heterocycles. The van der Waals surface area contributed by atoms with E-state index in [1.807, 2.05) is 6.92 Å². The van der Waals surface area contributed by atoms with Gasteiger partial charge in [-0.3, -0.25) is 4.79 Å². The second-order valence-electron chi connectivity index (χ2n) is 5.58. The van der Waals surface area contributed by atoms with Crippen molar-refractivity contribution in [1.82, 2.24) is 10.6 Å². The number of hydrogen-bond donors (Lipinski definition) is 2. The Morgan fingerprint density at radius 3 is 2.82 bits per heavy atom. The molecule has 1 aromatic carbocycles. The van der Waals surface area contributed by atoms with Crippen LogP contribution in [-0.2, 0) is 4.79 Å². The SMILES string of the molecule is CC(CNC(=O)CCC1CCNC1)Oc1ccc(F)cc1.Cl. The summed E-state index contributed by atoms with van der Waals surface area (Å²) >= 11 is 0. The van der Waals surface area contributed by atoms with Crippen molar-refractivity contribution in [2.24, 2.45) is 5.92 Å². The summed E-state index contributed by atoms with van der Waals surface area (Å²) in [5.41, 5.74) is 0. The number of benzene rings is 1. The molecule has 1 aromatic rings. The Bertz CT molecular complexity index is 450. The van der Waals surface area contributed by atoms with E-state index < -0.39 is 0 Å². The second kappa shape index (κ2) is 9.64. The molecule has 1 saturated heterocycles. The Hall–Kier alpha value is -1.33. The van der Waals surface area contributed by atoms with Crippen LogP contribution in [0.4, 0.5) is 4.39 Å². The van der Waals surface area contributed by atoms with Crippen LogP contribution in [0.2, 0.25) is 0 Å². The maximum Gasteiger partial charge on any atom is 0.220 e. The molecule has 124 valence electrons. The Kier molecular flexibility index (Phi) is 8.20. The van der Waals surface area contributed by atoms with E-state index in [0.29, 0.717) is 24.6 Å². The molecular weight excluding hydrogens is 307 g/mol. The topological polar surface area (TPSA) is 50.4 Å². The summed E-state index contributed by atoms with van der Waals surface area (Å²) in [6, 6.07) is 5.88. The van der Waals surface area contributed by atoms with Gasteiger partial charge in [-0.15, -0.1) is 12.4 Å². The predicted octanol–water partition coefficient (Wildman–Crippen LogP) is 2.52. The number of amides is 1. The van der Waals surface area contributed by atoms with Crippen molar-refractivity contribution in [3.63, 3.8) is 0 Å². The zero-order valence-corrected chi connectivity index (χ0v) is 13.6. The summed E-state index contributed by atoms with van der Waals surface area (Å²) in [7, 11) is 0. The summed E-state index contributed by atoms with van der Waals surface area (Å²) in [6.07, 6.45) is 2.52. The fraction of sp³-hybridized carbons (Fsp3) is 0.562. The first kappa shape index (κ1) is 18.7. The van der Waals surface area contributed by atoms with Gasteiger partial charge in [0.15, 0.2) is 0 Å². The lowest BCUT2D eigenvalue weighted by atomic mass is 10.0. The minimum atomic E-state index is -0.287. The molecule has 1 amide bonds. The van der Waals surface area contributed by atoms with Gasteiger partial charge >= 0.3 is 0 Å². The quantitative estimate of drug-likeness (QED) is 0.807. The van der Waals surface area contributed by atoms with Crippen LogP contribution in [0, 0.1) is 11.7 Å². The van der Waals surface area contributed by atoms with Gasteiger partial charge in [0.05, 0.1) is 6.54 Å². The molecule has 0 bridgehead atoms. The minimum absolute atomic E-state index is 0. The van der Waals surface area contributed by atoms with Gasteiger partial charge in [0.25, 0.3) is 0 Å². The van der Waals surface area contributed by atoms with E-state index in [9.17, 15) is 9.18 Å². The lowest BCUT2D eigenvalue weighted by Crippen LogP contribution is -2.33. The number of carbonyl (C=O) groups is 1. The number of halogens is 2. The van der Waals surface area contributed by atoms with Gasteiger partial charge in [0, 0.05) is 6.42 Å². The monoisotopic (exact) mass is 330 g/mol. The third kappa shape index (κ3) is 6.62. The molecule has 4 nitrogen and oxygen atoms in total. The highest BCUT2D eigenvalue weighted by atomic mass is 35.5. The van der Waals surface area contributed by atoms with E-state index in [-0.39, 0.29) is 30.2 Å². The molecular formula is C16H24ClFN2O2. The molecule has 0 spiro atoms. The molecule has 0 saturated carbocycles. The summed E-state index contributed by atoms with van der Waals surface area (Å²) < 4.78 is 18.4. The summed E-state index contributed by atoms with van der Waals surface area (Å²) in [5, 5.41) is 6.18. The van der Waals surface area contributed by atoms with Crippen molar-refractivity contribution >= 4 is 18.3 Å². The van der Waals surface area contributed by atoms with Crippen LogP contribution in [-0.4, -0.2) is 31.6 Å². The molecule has 2 unspecified atom stereocenters. The van der Waals surface area contributed by atoms with Crippen LogP contribution in [0.25, 0.3) is 0 Å². The summed E-state index contributed by atoms with van der Waals surface area (Å²) in [6.45, 7) is 4.43. The van der Waals surface area contributed by atoms with Crippen LogP contribution in [0.5, 0.6) is 5.75 Å². The third-order valence-electron chi connectivity index (χ3n) is 3.68. The van der Waals surface area contributed by atoms with Crippen LogP contribution in [0.15, 0.2) is 24.3 Å². The highest BCUT2D eigenvalue weighted by Gasteiger charge is 2.16. The molecule has 0 radical (unpaired) electrons. The van der Waals surface area contributed by atoms with Crippen molar-refractivity contribution in [3.8, 4) is 5.75 Å². The average Bonchev–Trinajstić information content (AvgIpc) is 2.99. The first-order valence-electron chi connectivity index (χ1n) is 7.53. The van der Waals surface area contributed by atoms with E-state index >= 15 is 0 Å². The van der Waals surface area contributed by atoms with Crippen molar-refractivity contribution in [2.45, 2.75) is 32.3 Å². The van der Waals surface area contributed by atoms with E-state index in [1.54, 1.807) is 12.1 Å². The maximum absolute atomic E-state index is 12.8. The Morgan fingerprint density at radius 1 is 1.45 bits per heavy atom. The standard InChI is InChI=1S/C16H23FN2O2.ClH/c1-12(21-15-5-3-14(17)4-6-15)10-19-16(20)7-2-13-8-9-18-11-13;/h3-6,12-13,18H,2,7-11H2,1H3,(H,19,20);1H. The van der Waals surface area contributed by atoms with Gasteiger partial charge in [0.1, 0.15) is 17.7 Å². The highest BCUT2D eigenvalue weighted by molar-refractivity contribution is 5.85. The van der Waals surface area contributed by atoms with Crippen LogP contribution < -0.4 is 15.4 Å². The minimum Gasteiger partial charge on any atom is -0.489 e. The number of hydrogen-bond acceptors (Lipinski definition) is 3. The van der Waals surface area contributed by atoms with Crippen molar-refractivity contribution < 1.29 is 13.9 Å². The largest absolute Gasteiger partial charge is 0.489 e. The Morgan fingerprint density at radius 2 is 2.18 bits per heavy atom. The molecule has 6 heteroatoms. The first-order valence-corrected chi connectivity index (χ1v) is 7.53. The highest BCUT2D eigenvalue weighted by Crippen LogP contribution is 2.14. The van der Waals surface area contributed by atoms with E-state index in [1.165, 1.54) is 12.1 Å². The van der Waals surface area contributed by atoms with Crippen molar-refractivity contribution in [2.75, 3.05) is 19.6 Å². The normalized spacial score (nSPS) is 18.4. The summed E-state index contributed by atoms with van der Waals surface area (Å²) in [5.74, 6) is 1.01. The third-order valence-corrected chi connectivity index (χ3v) is 3.68. The fourth-order valence-electron chi connectivity index (χ4n) is 2.43. The molecule has 2 N–H and O–H groups in total. The van der Waals surface area contributed by atoms with E-state index in [2.05, 4.69) is 10.6 Å². The first-order chi connectivity index (χ1) is 10.1. The van der Waals surface area contributed by atoms with Crippen LogP contribution in [0.1, 0.15) is 26.2 Å². The zero-order valence-electron chi connectivity index (χ0n) is 12.8. The molecule has 1 aliphatic rings. The molecule has 2 atom stereocenters. The number of nitrogens with one attached hydrogen (secondary N) is 2. The average molecular weight is 331 g/mol. The van der Waals surface area contributed by atoms with Gasteiger partial charge < -0.3 is 15.4 Å². The van der Waals surface area contributed by atoms with Gasteiger partial charge in [0.2, 0.25) is 5.91 Å². The number of rotatable bonds is 7. The van der Waals surface area contributed by atoms with Crippen molar-refractivity contribution in [3.05, 3.63) is 30.1 Å². The van der Waals surface area contributed by atoms with Crippen LogP contribution >= 0.6 is 12.4 Å². The van der Waals surface area contributed by atoms with E-state index in [4.69, 9.17) is 4.74 Å². The van der Waals surface area contributed by atoms with Gasteiger partial charge in [-0.1, -0.05) is 0 Å². The van der Waals surface area contributed by atoms with Gasteiger partial charge in [-0.2, -0.15) is 0 Å². The predicted molar refractivity (Wildman–Crippen MR) is 87.0 cm³/mol. The fourth-order valence-corrected chi connectivity index (χ4v) is 2.43. The molecule has 0 aliphatic carbocycles. The second-order valence-corrected chi connectivity index (χ2v) is 5.58. The zero-order chi connectivity index (χ0) is 15.1. The Balaban J connectivity index is 0.00000242. The maximum atomic E-state index is 12.8. The lowest BCUT2D eigenvalue weighted by molar-refractivity contribution is -0.121. The van der Waals surface area contributed by atoms with Crippen LogP contribution in [0.3, 0.4) is 0 Å². The van der Waals surface area contributed by atoms with E-state index in [0.717, 1.165) is 25.9 Å². The molecule has 22 heavy (non-hydrogen) atoms. The van der Waals surface area contributed by atoms with Gasteiger partial charge in [-0.25, -0.2) is 4.39 Å². The molecule has 1 aliphatic heterocycles. The molecule has 0 aromatic heterocycles. The van der Waals surface area contributed by atoms with Gasteiger partial charge in [-0.05, 0) is 63.0 Å². The number of ether oxygens (including phenoxy) is 1. The van der Waals surface area contributed by atoms with Crippen molar-refractivity contribution in [1.29, 1.82) is 0 Å².